The zero-order valence-corrected chi connectivity index (χ0v) is 8.36. The van der Waals surface area contributed by atoms with Gasteiger partial charge in [-0.1, -0.05) is 53.7 Å². The van der Waals surface area contributed by atoms with E-state index in [1.54, 1.807) is 0 Å². The summed E-state index contributed by atoms with van der Waals surface area (Å²) in [4.78, 5) is 0. The summed E-state index contributed by atoms with van der Waals surface area (Å²) < 4.78 is 0. The summed E-state index contributed by atoms with van der Waals surface area (Å²) >= 11 is 0. The van der Waals surface area contributed by atoms with Crippen LogP contribution >= 0.6 is 0 Å². The molecule has 12 heavy (non-hydrogen) atoms. The van der Waals surface area contributed by atoms with Gasteiger partial charge in [0.1, 0.15) is 0 Å². The molecule has 0 unspecified atom stereocenters. The van der Waals surface area contributed by atoms with Crippen molar-refractivity contribution in [3.05, 3.63) is 11.6 Å². The Balaban J connectivity index is -0.0000000457. The SMILES string of the molecule is C.C.CC=C(C)C.CCC(C)C. The first-order valence-corrected chi connectivity index (χ1v) is 4.14. The van der Waals surface area contributed by atoms with E-state index in [4.69, 9.17) is 0 Å². The molecule has 0 bridgehead atoms. The third-order valence-electron chi connectivity index (χ3n) is 1.39. The topological polar surface area (TPSA) is 0 Å². The molecule has 78 valence electrons. The lowest BCUT2D eigenvalue weighted by Gasteiger charge is -1.90. The third-order valence-corrected chi connectivity index (χ3v) is 1.39. The largest absolute Gasteiger partial charge is 0.0890 e. The lowest BCUT2D eigenvalue weighted by Crippen LogP contribution is -1.77. The van der Waals surface area contributed by atoms with Gasteiger partial charge >= 0.3 is 0 Å². The maximum absolute atomic E-state index is 2.22. The highest BCUT2D eigenvalue weighted by Crippen LogP contribution is 1.93. The van der Waals surface area contributed by atoms with Gasteiger partial charge in [-0.05, 0) is 26.7 Å². The van der Waals surface area contributed by atoms with E-state index in [1.807, 2.05) is 6.92 Å². The van der Waals surface area contributed by atoms with Crippen molar-refractivity contribution in [2.24, 2.45) is 5.92 Å². The second-order valence-corrected chi connectivity index (χ2v) is 3.17. The van der Waals surface area contributed by atoms with Gasteiger partial charge in [-0.25, -0.2) is 0 Å². The minimum atomic E-state index is 0. The number of allylic oxidation sites excluding steroid dienone is 2. The second-order valence-electron chi connectivity index (χ2n) is 3.17. The molecule has 0 saturated carbocycles. The Morgan fingerprint density at radius 2 is 1.33 bits per heavy atom. The van der Waals surface area contributed by atoms with Crippen molar-refractivity contribution >= 4 is 0 Å². The van der Waals surface area contributed by atoms with Crippen LogP contribution in [0.5, 0.6) is 0 Å². The van der Waals surface area contributed by atoms with Gasteiger partial charge in [0.15, 0.2) is 0 Å². The fraction of sp³-hybridized carbons (Fsp3) is 0.833. The smallest absolute Gasteiger partial charge is 0.0442 e. The highest BCUT2D eigenvalue weighted by molar-refractivity contribution is 4.88. The van der Waals surface area contributed by atoms with E-state index >= 15 is 0 Å². The van der Waals surface area contributed by atoms with E-state index in [0.717, 1.165) is 5.92 Å². The summed E-state index contributed by atoms with van der Waals surface area (Å²) in [6.45, 7) is 12.8. The molecule has 0 fully saturated rings. The van der Waals surface area contributed by atoms with Crippen LogP contribution < -0.4 is 0 Å². The minimum absolute atomic E-state index is 0. The maximum Gasteiger partial charge on any atom is -0.0442 e. The highest BCUT2D eigenvalue weighted by Gasteiger charge is 1.80. The normalized spacial score (nSPS) is 6.92. The van der Waals surface area contributed by atoms with Gasteiger partial charge in [-0.15, -0.1) is 0 Å². The van der Waals surface area contributed by atoms with Crippen LogP contribution in [0.15, 0.2) is 11.6 Å². The first kappa shape index (κ1) is 22.6. The molecule has 0 aromatic rings. The van der Waals surface area contributed by atoms with Crippen LogP contribution in [0.3, 0.4) is 0 Å². The van der Waals surface area contributed by atoms with Crippen molar-refractivity contribution in [3.8, 4) is 0 Å². The van der Waals surface area contributed by atoms with Crippen molar-refractivity contribution in [3.63, 3.8) is 0 Å². The van der Waals surface area contributed by atoms with Crippen LogP contribution in [0.4, 0.5) is 0 Å². The molecule has 0 aromatic carbocycles. The molecule has 0 spiro atoms. The summed E-state index contributed by atoms with van der Waals surface area (Å²) in [5.74, 6) is 0.884. The molecular weight excluding hydrogens is 144 g/mol. The van der Waals surface area contributed by atoms with Crippen LogP contribution in [0, 0.1) is 5.92 Å². The van der Waals surface area contributed by atoms with E-state index in [0.29, 0.717) is 0 Å². The summed E-state index contributed by atoms with van der Waals surface area (Å²) in [5, 5.41) is 0. The van der Waals surface area contributed by atoms with Gasteiger partial charge < -0.3 is 0 Å². The quantitative estimate of drug-likeness (QED) is 0.473. The zero-order valence-electron chi connectivity index (χ0n) is 8.36. The average molecular weight is 174 g/mol. The van der Waals surface area contributed by atoms with Crippen molar-refractivity contribution < 1.29 is 0 Å². The van der Waals surface area contributed by atoms with Gasteiger partial charge in [-0.3, -0.25) is 0 Å². The standard InChI is InChI=1S/C5H12.C5H10.2CH4/c2*1-4-5(2)3;;/h5H,4H2,1-3H3;4H,1-3H3;2*1H4. The maximum atomic E-state index is 2.22. The molecule has 0 amide bonds. The van der Waals surface area contributed by atoms with E-state index in [9.17, 15) is 0 Å². The molecule has 0 aromatic heterocycles. The van der Waals surface area contributed by atoms with E-state index in [1.165, 1.54) is 12.0 Å². The lowest BCUT2D eigenvalue weighted by molar-refractivity contribution is 0.626. The number of hydrogen-bond acceptors (Lipinski definition) is 0. The molecule has 0 rings (SSSR count). The highest BCUT2D eigenvalue weighted by atomic mass is 13.9. The molecule has 0 heteroatoms. The Bertz CT molecular complexity index is 74.0. The van der Waals surface area contributed by atoms with E-state index in [2.05, 4.69) is 40.7 Å². The van der Waals surface area contributed by atoms with Crippen LogP contribution in [0.1, 0.15) is 62.8 Å². The van der Waals surface area contributed by atoms with E-state index < -0.39 is 0 Å². The van der Waals surface area contributed by atoms with Crippen LogP contribution in [-0.4, -0.2) is 0 Å². The fourth-order valence-corrected chi connectivity index (χ4v) is 0. The Morgan fingerprint density at radius 3 is 1.33 bits per heavy atom. The van der Waals surface area contributed by atoms with Crippen molar-refractivity contribution in [1.29, 1.82) is 0 Å². The summed E-state index contributed by atoms with van der Waals surface area (Å²) in [5.41, 5.74) is 1.38. The van der Waals surface area contributed by atoms with Gasteiger partial charge in [0.25, 0.3) is 0 Å². The second kappa shape index (κ2) is 17.0. The van der Waals surface area contributed by atoms with Crippen LogP contribution in [0.2, 0.25) is 0 Å². The predicted octanol–water partition coefficient (Wildman–Crippen LogP) is 5.30. The lowest BCUT2D eigenvalue weighted by atomic mass is 10.2. The molecular formula is C12H30. The molecule has 0 aliphatic rings. The van der Waals surface area contributed by atoms with Gasteiger partial charge in [0, 0.05) is 0 Å². The zero-order chi connectivity index (χ0) is 8.57. The summed E-state index contributed by atoms with van der Waals surface area (Å²) in [6.07, 6.45) is 3.39. The summed E-state index contributed by atoms with van der Waals surface area (Å²) in [7, 11) is 0. The van der Waals surface area contributed by atoms with Gasteiger partial charge in [-0.2, -0.15) is 0 Å². The van der Waals surface area contributed by atoms with Crippen molar-refractivity contribution in [1.82, 2.24) is 0 Å². The molecule has 0 atom stereocenters. The third kappa shape index (κ3) is 53.2. The Morgan fingerprint density at radius 1 is 1.17 bits per heavy atom. The van der Waals surface area contributed by atoms with Crippen molar-refractivity contribution in [2.75, 3.05) is 0 Å². The first-order valence-electron chi connectivity index (χ1n) is 4.14. The molecule has 0 radical (unpaired) electrons. The van der Waals surface area contributed by atoms with E-state index in [-0.39, 0.29) is 14.9 Å². The molecule has 0 nitrogen and oxygen atoms in total. The minimum Gasteiger partial charge on any atom is -0.0890 e. The molecule has 0 heterocycles. The molecule has 0 N–H and O–H groups in total. The van der Waals surface area contributed by atoms with Crippen LogP contribution in [-0.2, 0) is 0 Å². The fourth-order valence-electron chi connectivity index (χ4n) is 0. The molecule has 0 saturated heterocycles. The van der Waals surface area contributed by atoms with Crippen LogP contribution in [0.25, 0.3) is 0 Å². The molecule has 0 aliphatic carbocycles. The average Bonchev–Trinajstić information content (AvgIpc) is 1.89. The monoisotopic (exact) mass is 174 g/mol. The number of hydrogen-bond donors (Lipinski definition) is 0. The number of rotatable bonds is 1. The Kier molecular flexibility index (Phi) is 32.0. The van der Waals surface area contributed by atoms with Gasteiger partial charge in [0.05, 0.1) is 0 Å². The Labute approximate surface area is 81.1 Å². The summed E-state index contributed by atoms with van der Waals surface area (Å²) in [6, 6.07) is 0. The first-order chi connectivity index (χ1) is 4.54. The van der Waals surface area contributed by atoms with Gasteiger partial charge in [0.2, 0.25) is 0 Å². The Hall–Kier alpha value is -0.260. The molecule has 0 aliphatic heterocycles. The van der Waals surface area contributed by atoms with Crippen molar-refractivity contribution in [2.45, 2.75) is 62.8 Å². The predicted molar refractivity (Wildman–Crippen MR) is 63.7 cm³/mol.